The molecule has 10 heteroatoms. The molecule has 104 valence electrons. The second-order valence-electron chi connectivity index (χ2n) is 4.36. The topological polar surface area (TPSA) is 142 Å². The number of rotatable bonds is 3. The number of nitrogens with zero attached hydrogens (tertiary/aromatic N) is 4. The Balaban J connectivity index is 1.96. The molecule has 3 heterocycles. The zero-order chi connectivity index (χ0) is 14.3. The van der Waals surface area contributed by atoms with Crippen molar-refractivity contribution in [3.8, 4) is 0 Å². The summed E-state index contributed by atoms with van der Waals surface area (Å²) in [6, 6.07) is -0.647. The summed E-state index contributed by atoms with van der Waals surface area (Å²) < 4.78 is 0. The lowest BCUT2D eigenvalue weighted by molar-refractivity contribution is -0.136. The summed E-state index contributed by atoms with van der Waals surface area (Å²) in [7, 11) is 1.45. The van der Waals surface area contributed by atoms with E-state index in [1.54, 1.807) is 0 Å². The summed E-state index contributed by atoms with van der Waals surface area (Å²) in [5, 5.41) is 10.1. The highest BCUT2D eigenvalue weighted by Crippen LogP contribution is 2.23. The van der Waals surface area contributed by atoms with Gasteiger partial charge in [-0.25, -0.2) is 5.84 Å². The SMILES string of the molecule is CN1C(=O)CC(Nc2nc(NN)nc3[nH]ncc23)C1=O. The van der Waals surface area contributed by atoms with Gasteiger partial charge in [-0.2, -0.15) is 15.1 Å². The van der Waals surface area contributed by atoms with E-state index in [2.05, 4.69) is 30.9 Å². The highest BCUT2D eigenvalue weighted by atomic mass is 16.2. The van der Waals surface area contributed by atoms with Crippen molar-refractivity contribution in [2.24, 2.45) is 5.84 Å². The molecule has 1 saturated heterocycles. The molecular weight excluding hydrogens is 264 g/mol. The van der Waals surface area contributed by atoms with Gasteiger partial charge in [0.05, 0.1) is 18.0 Å². The third kappa shape index (κ3) is 1.82. The van der Waals surface area contributed by atoms with Crippen LogP contribution in [0.25, 0.3) is 11.0 Å². The van der Waals surface area contributed by atoms with Crippen molar-refractivity contribution < 1.29 is 9.59 Å². The number of H-pyrrole nitrogens is 1. The minimum Gasteiger partial charge on any atom is -0.357 e. The summed E-state index contributed by atoms with van der Waals surface area (Å²) in [5.41, 5.74) is 2.80. The Morgan fingerprint density at radius 1 is 1.45 bits per heavy atom. The van der Waals surface area contributed by atoms with Crippen molar-refractivity contribution in [1.82, 2.24) is 25.1 Å². The fourth-order valence-corrected chi connectivity index (χ4v) is 2.04. The fourth-order valence-electron chi connectivity index (χ4n) is 2.04. The summed E-state index contributed by atoms with van der Waals surface area (Å²) in [4.78, 5) is 32.7. The van der Waals surface area contributed by atoms with Crippen molar-refractivity contribution in [3.63, 3.8) is 0 Å². The molecule has 1 atom stereocenters. The van der Waals surface area contributed by atoms with Crippen LogP contribution in [0.2, 0.25) is 0 Å². The molecular formula is C10H12N8O2. The average Bonchev–Trinajstić information content (AvgIpc) is 3.00. The first-order valence-corrected chi connectivity index (χ1v) is 5.85. The van der Waals surface area contributed by atoms with Gasteiger partial charge in [0.2, 0.25) is 11.9 Å². The molecule has 2 amide bonds. The Morgan fingerprint density at radius 3 is 2.90 bits per heavy atom. The van der Waals surface area contributed by atoms with Gasteiger partial charge in [0, 0.05) is 7.05 Å². The van der Waals surface area contributed by atoms with Crippen LogP contribution < -0.4 is 16.6 Å². The fraction of sp³-hybridized carbons (Fsp3) is 0.300. The Hall–Kier alpha value is -2.75. The molecule has 2 aromatic rings. The van der Waals surface area contributed by atoms with Crippen molar-refractivity contribution in [2.45, 2.75) is 12.5 Å². The highest BCUT2D eigenvalue weighted by Gasteiger charge is 2.36. The number of fused-ring (bicyclic) bond motifs is 1. The first-order chi connectivity index (χ1) is 9.60. The van der Waals surface area contributed by atoms with E-state index < -0.39 is 6.04 Å². The second-order valence-corrected chi connectivity index (χ2v) is 4.36. The number of aromatic nitrogens is 4. The number of carbonyl (C=O) groups is 2. The number of anilines is 2. The van der Waals surface area contributed by atoms with Crippen LogP contribution in [0.5, 0.6) is 0 Å². The number of imide groups is 1. The molecule has 2 aromatic heterocycles. The van der Waals surface area contributed by atoms with Crippen LogP contribution in [0.1, 0.15) is 6.42 Å². The second kappa shape index (κ2) is 4.42. The number of hydrogen-bond donors (Lipinski definition) is 4. The van der Waals surface area contributed by atoms with E-state index in [1.807, 2.05) is 0 Å². The summed E-state index contributed by atoms with van der Waals surface area (Å²) in [6.45, 7) is 0. The van der Waals surface area contributed by atoms with Crippen LogP contribution in [0.4, 0.5) is 11.8 Å². The molecule has 5 N–H and O–H groups in total. The Kier molecular flexibility index (Phi) is 2.71. The highest BCUT2D eigenvalue weighted by molar-refractivity contribution is 6.07. The summed E-state index contributed by atoms with van der Waals surface area (Å²) >= 11 is 0. The minimum absolute atomic E-state index is 0.0874. The van der Waals surface area contributed by atoms with Gasteiger partial charge >= 0.3 is 0 Å². The number of carbonyl (C=O) groups excluding carboxylic acids is 2. The van der Waals surface area contributed by atoms with Crippen LogP contribution in [-0.2, 0) is 9.59 Å². The maximum Gasteiger partial charge on any atom is 0.251 e. The van der Waals surface area contributed by atoms with E-state index in [4.69, 9.17) is 5.84 Å². The van der Waals surface area contributed by atoms with Gasteiger partial charge < -0.3 is 5.32 Å². The van der Waals surface area contributed by atoms with Crippen molar-refractivity contribution in [3.05, 3.63) is 6.20 Å². The molecule has 1 fully saturated rings. The molecule has 0 aromatic carbocycles. The molecule has 0 aliphatic carbocycles. The predicted octanol–water partition coefficient (Wildman–Crippen LogP) is -1.19. The molecule has 1 aliphatic rings. The molecule has 0 spiro atoms. The first-order valence-electron chi connectivity index (χ1n) is 5.85. The van der Waals surface area contributed by atoms with E-state index in [1.165, 1.54) is 13.2 Å². The molecule has 1 unspecified atom stereocenters. The van der Waals surface area contributed by atoms with E-state index in [9.17, 15) is 9.59 Å². The van der Waals surface area contributed by atoms with Gasteiger partial charge in [0.15, 0.2) is 5.65 Å². The number of likely N-dealkylation sites (N-methyl/N-ethyl adjacent to an activating group) is 1. The van der Waals surface area contributed by atoms with E-state index in [-0.39, 0.29) is 24.2 Å². The van der Waals surface area contributed by atoms with Crippen LogP contribution in [0.3, 0.4) is 0 Å². The molecule has 0 bridgehead atoms. The van der Waals surface area contributed by atoms with Crippen LogP contribution in [0, 0.1) is 0 Å². The maximum atomic E-state index is 11.9. The van der Waals surface area contributed by atoms with E-state index in [0.29, 0.717) is 16.9 Å². The van der Waals surface area contributed by atoms with Crippen LogP contribution in [0.15, 0.2) is 6.20 Å². The number of hydrazine groups is 1. The first kappa shape index (κ1) is 12.3. The van der Waals surface area contributed by atoms with Gasteiger partial charge in [-0.05, 0) is 0 Å². The van der Waals surface area contributed by atoms with Gasteiger partial charge in [0.25, 0.3) is 5.91 Å². The summed E-state index contributed by atoms with van der Waals surface area (Å²) in [5.74, 6) is 5.32. The smallest absolute Gasteiger partial charge is 0.251 e. The molecule has 3 rings (SSSR count). The Bertz CT molecular complexity index is 696. The largest absolute Gasteiger partial charge is 0.357 e. The van der Waals surface area contributed by atoms with Crippen molar-refractivity contribution in [1.29, 1.82) is 0 Å². The quantitative estimate of drug-likeness (QED) is 0.311. The van der Waals surface area contributed by atoms with E-state index >= 15 is 0 Å². The zero-order valence-electron chi connectivity index (χ0n) is 10.5. The van der Waals surface area contributed by atoms with Crippen molar-refractivity contribution >= 4 is 34.6 Å². The van der Waals surface area contributed by atoms with E-state index in [0.717, 1.165) is 4.90 Å². The molecule has 10 nitrogen and oxygen atoms in total. The molecule has 20 heavy (non-hydrogen) atoms. The molecule has 1 aliphatic heterocycles. The number of nitrogens with two attached hydrogens (primary N) is 1. The van der Waals surface area contributed by atoms with Crippen LogP contribution >= 0.6 is 0 Å². The number of aromatic amines is 1. The van der Waals surface area contributed by atoms with Crippen LogP contribution in [-0.4, -0.2) is 50.0 Å². The third-order valence-corrected chi connectivity index (χ3v) is 3.13. The lowest BCUT2D eigenvalue weighted by atomic mass is 10.2. The lowest BCUT2D eigenvalue weighted by Crippen LogP contribution is -2.32. The average molecular weight is 276 g/mol. The van der Waals surface area contributed by atoms with Gasteiger partial charge in [0.1, 0.15) is 11.9 Å². The zero-order valence-corrected chi connectivity index (χ0v) is 10.5. The molecule has 0 saturated carbocycles. The molecule has 0 radical (unpaired) electrons. The Labute approximate surface area is 112 Å². The standard InChI is InChI=1S/C10H12N8O2/c1-18-6(19)2-5(9(18)20)13-7-4-3-12-17-8(4)15-10(14-7)16-11/h3,5H,2,11H2,1H3,(H3,12,13,14,15,16,17). The lowest BCUT2D eigenvalue weighted by Gasteiger charge is -2.12. The maximum absolute atomic E-state index is 11.9. The minimum atomic E-state index is -0.647. The summed E-state index contributed by atoms with van der Waals surface area (Å²) in [6.07, 6.45) is 1.62. The van der Waals surface area contributed by atoms with Gasteiger partial charge in [-0.1, -0.05) is 0 Å². The van der Waals surface area contributed by atoms with Crippen molar-refractivity contribution in [2.75, 3.05) is 17.8 Å². The predicted molar refractivity (Wildman–Crippen MR) is 69.3 cm³/mol. The monoisotopic (exact) mass is 276 g/mol. The number of likely N-dealkylation sites (tertiary alicyclic amines) is 1. The third-order valence-electron chi connectivity index (χ3n) is 3.13. The number of hydrogen-bond acceptors (Lipinski definition) is 8. The number of amides is 2. The van der Waals surface area contributed by atoms with Gasteiger partial charge in [-0.3, -0.25) is 25.0 Å². The number of nitrogen functional groups attached to an aromatic ring is 1. The normalized spacial score (nSPS) is 18.9. The Morgan fingerprint density at radius 2 is 2.25 bits per heavy atom. The number of nitrogens with one attached hydrogen (secondary N) is 3. The van der Waals surface area contributed by atoms with Gasteiger partial charge in [-0.15, -0.1) is 0 Å².